The Morgan fingerprint density at radius 1 is 1.20 bits per heavy atom. The summed E-state index contributed by atoms with van der Waals surface area (Å²) in [7, 11) is 3.00. The van der Waals surface area contributed by atoms with Crippen molar-refractivity contribution in [2.75, 3.05) is 14.2 Å². The molecule has 2 rings (SSSR count). The maximum atomic E-state index is 12.1. The van der Waals surface area contributed by atoms with Gasteiger partial charge in [0.05, 0.1) is 20.1 Å². The van der Waals surface area contributed by atoms with Gasteiger partial charge in [-0.3, -0.25) is 4.79 Å². The van der Waals surface area contributed by atoms with Crippen molar-refractivity contribution in [3.05, 3.63) is 34.4 Å². The molecular weight excluding hydrogens is 260 g/mol. The van der Waals surface area contributed by atoms with E-state index in [4.69, 9.17) is 13.9 Å². The van der Waals surface area contributed by atoms with Gasteiger partial charge in [-0.2, -0.15) is 0 Å². The van der Waals surface area contributed by atoms with Crippen LogP contribution in [0.1, 0.15) is 25.5 Å². The SMILES string of the molecule is COc1cc(OC)c2c(=O)oc(C(C)C(C)=O)cc2c1. The van der Waals surface area contributed by atoms with Crippen molar-refractivity contribution in [3.63, 3.8) is 0 Å². The van der Waals surface area contributed by atoms with E-state index in [1.165, 1.54) is 21.1 Å². The van der Waals surface area contributed by atoms with Crippen LogP contribution >= 0.6 is 0 Å². The average molecular weight is 276 g/mol. The second-order valence-corrected chi connectivity index (χ2v) is 4.56. The number of methoxy groups -OCH3 is 2. The van der Waals surface area contributed by atoms with Gasteiger partial charge in [-0.15, -0.1) is 0 Å². The number of hydrogen-bond donors (Lipinski definition) is 0. The molecule has 0 saturated heterocycles. The number of hydrogen-bond acceptors (Lipinski definition) is 5. The summed E-state index contributed by atoms with van der Waals surface area (Å²) in [6.07, 6.45) is 0. The van der Waals surface area contributed by atoms with E-state index in [2.05, 4.69) is 0 Å². The Balaban J connectivity index is 2.76. The Kier molecular flexibility index (Phi) is 3.79. The molecular formula is C15H16O5. The van der Waals surface area contributed by atoms with E-state index < -0.39 is 11.5 Å². The zero-order valence-electron chi connectivity index (χ0n) is 11.9. The number of rotatable bonds is 4. The fourth-order valence-corrected chi connectivity index (χ4v) is 1.98. The summed E-state index contributed by atoms with van der Waals surface area (Å²) < 4.78 is 15.6. The third-order valence-corrected chi connectivity index (χ3v) is 3.31. The molecule has 1 unspecified atom stereocenters. The third kappa shape index (κ3) is 2.39. The monoisotopic (exact) mass is 276 g/mol. The van der Waals surface area contributed by atoms with E-state index in [1.807, 2.05) is 0 Å². The summed E-state index contributed by atoms with van der Waals surface area (Å²) in [5.41, 5.74) is -0.523. The normalized spacial score (nSPS) is 12.2. The zero-order chi connectivity index (χ0) is 14.9. The molecule has 1 heterocycles. The lowest BCUT2D eigenvalue weighted by Gasteiger charge is -2.10. The van der Waals surface area contributed by atoms with Gasteiger partial charge in [0.15, 0.2) is 0 Å². The molecule has 1 aromatic heterocycles. The van der Waals surface area contributed by atoms with E-state index in [0.29, 0.717) is 28.0 Å². The van der Waals surface area contributed by atoms with E-state index >= 15 is 0 Å². The molecule has 0 aliphatic rings. The van der Waals surface area contributed by atoms with Gasteiger partial charge in [-0.1, -0.05) is 0 Å². The minimum absolute atomic E-state index is 0.0673. The van der Waals surface area contributed by atoms with Crippen LogP contribution in [0.3, 0.4) is 0 Å². The lowest BCUT2D eigenvalue weighted by Crippen LogP contribution is -2.10. The highest BCUT2D eigenvalue weighted by Crippen LogP contribution is 2.30. The number of ether oxygens (including phenoxy) is 2. The molecule has 20 heavy (non-hydrogen) atoms. The molecule has 2 aromatic rings. The molecule has 1 aromatic carbocycles. The van der Waals surface area contributed by atoms with Gasteiger partial charge in [0.1, 0.15) is 28.4 Å². The van der Waals surface area contributed by atoms with E-state index in [9.17, 15) is 9.59 Å². The fraction of sp³-hybridized carbons (Fsp3) is 0.333. The maximum absolute atomic E-state index is 12.1. The van der Waals surface area contributed by atoms with Gasteiger partial charge < -0.3 is 13.9 Å². The smallest absolute Gasteiger partial charge is 0.347 e. The third-order valence-electron chi connectivity index (χ3n) is 3.31. The van der Waals surface area contributed by atoms with Crippen LogP contribution in [0, 0.1) is 0 Å². The van der Waals surface area contributed by atoms with E-state index in [1.54, 1.807) is 25.1 Å². The quantitative estimate of drug-likeness (QED) is 0.858. The number of carbonyl (C=O) groups is 1. The Bertz CT molecular complexity index is 714. The lowest BCUT2D eigenvalue weighted by atomic mass is 10.0. The summed E-state index contributed by atoms with van der Waals surface area (Å²) in [4.78, 5) is 23.5. The second-order valence-electron chi connectivity index (χ2n) is 4.56. The summed E-state index contributed by atoms with van der Waals surface area (Å²) >= 11 is 0. The highest BCUT2D eigenvalue weighted by atomic mass is 16.5. The molecule has 0 spiro atoms. The van der Waals surface area contributed by atoms with Gasteiger partial charge in [0.25, 0.3) is 0 Å². The van der Waals surface area contributed by atoms with Gasteiger partial charge in [-0.05, 0) is 31.4 Å². The van der Waals surface area contributed by atoms with Crippen LogP contribution in [0.5, 0.6) is 11.5 Å². The van der Waals surface area contributed by atoms with Gasteiger partial charge >= 0.3 is 5.63 Å². The van der Waals surface area contributed by atoms with Crippen molar-refractivity contribution in [2.45, 2.75) is 19.8 Å². The number of fused-ring (bicyclic) bond motifs is 1. The summed E-state index contributed by atoms with van der Waals surface area (Å²) in [5, 5.41) is 0.966. The fourth-order valence-electron chi connectivity index (χ4n) is 1.98. The Morgan fingerprint density at radius 3 is 2.45 bits per heavy atom. The van der Waals surface area contributed by atoms with Crippen molar-refractivity contribution in [1.82, 2.24) is 0 Å². The van der Waals surface area contributed by atoms with Crippen LogP contribution in [-0.2, 0) is 4.79 Å². The van der Waals surface area contributed by atoms with Crippen LogP contribution in [0.2, 0.25) is 0 Å². The first kappa shape index (κ1) is 14.1. The first-order valence-corrected chi connectivity index (χ1v) is 6.18. The number of carbonyl (C=O) groups excluding carboxylic acids is 1. The maximum Gasteiger partial charge on any atom is 0.347 e. The predicted molar refractivity (Wildman–Crippen MR) is 74.7 cm³/mol. The zero-order valence-corrected chi connectivity index (χ0v) is 11.9. The van der Waals surface area contributed by atoms with Gasteiger partial charge in [0.2, 0.25) is 0 Å². The Hall–Kier alpha value is -2.30. The number of benzene rings is 1. The molecule has 0 aliphatic heterocycles. The van der Waals surface area contributed by atoms with Crippen LogP contribution in [0.25, 0.3) is 10.8 Å². The van der Waals surface area contributed by atoms with E-state index in [-0.39, 0.29) is 5.78 Å². The standard InChI is InChI=1S/C15H16O5/c1-8(9(2)16)12-6-10-5-11(18-3)7-13(19-4)14(10)15(17)20-12/h5-8H,1-4H3. The molecule has 0 amide bonds. The molecule has 0 aliphatic carbocycles. The van der Waals surface area contributed by atoms with Crippen molar-refractivity contribution >= 4 is 16.6 Å². The molecule has 1 atom stereocenters. The molecule has 5 nitrogen and oxygen atoms in total. The highest BCUT2D eigenvalue weighted by molar-refractivity contribution is 5.90. The first-order chi connectivity index (χ1) is 9.47. The highest BCUT2D eigenvalue weighted by Gasteiger charge is 2.18. The van der Waals surface area contributed by atoms with Crippen LogP contribution in [0.4, 0.5) is 0 Å². The molecule has 0 N–H and O–H groups in total. The summed E-state index contributed by atoms with van der Waals surface area (Å²) in [6, 6.07) is 5.01. The summed E-state index contributed by atoms with van der Waals surface area (Å²) in [6.45, 7) is 3.16. The van der Waals surface area contributed by atoms with Crippen molar-refractivity contribution in [1.29, 1.82) is 0 Å². The van der Waals surface area contributed by atoms with Crippen LogP contribution in [0.15, 0.2) is 27.4 Å². The van der Waals surface area contributed by atoms with Crippen molar-refractivity contribution in [3.8, 4) is 11.5 Å². The largest absolute Gasteiger partial charge is 0.497 e. The second kappa shape index (κ2) is 5.36. The lowest BCUT2D eigenvalue weighted by molar-refractivity contribution is -0.118. The molecule has 0 fully saturated rings. The van der Waals surface area contributed by atoms with Gasteiger partial charge in [0, 0.05) is 6.07 Å². The average Bonchev–Trinajstić information content (AvgIpc) is 2.44. The van der Waals surface area contributed by atoms with Gasteiger partial charge in [-0.25, -0.2) is 4.79 Å². The topological polar surface area (TPSA) is 65.7 Å². The molecule has 106 valence electrons. The molecule has 0 saturated carbocycles. The molecule has 0 radical (unpaired) electrons. The van der Waals surface area contributed by atoms with Crippen molar-refractivity contribution in [2.24, 2.45) is 0 Å². The Morgan fingerprint density at radius 2 is 1.90 bits per heavy atom. The minimum Gasteiger partial charge on any atom is -0.497 e. The number of Topliss-reactive ketones (excluding diaryl/α,β-unsaturated/α-hetero) is 1. The Labute approximate surface area is 116 Å². The van der Waals surface area contributed by atoms with Crippen molar-refractivity contribution < 1.29 is 18.7 Å². The first-order valence-electron chi connectivity index (χ1n) is 6.18. The predicted octanol–water partition coefficient (Wildman–Crippen LogP) is 2.50. The van der Waals surface area contributed by atoms with Crippen LogP contribution < -0.4 is 15.1 Å². The van der Waals surface area contributed by atoms with E-state index in [0.717, 1.165) is 0 Å². The summed E-state index contributed by atoms with van der Waals surface area (Å²) in [5.74, 6) is 0.758. The van der Waals surface area contributed by atoms with Crippen LogP contribution in [-0.4, -0.2) is 20.0 Å². The number of ketones is 1. The molecule has 0 bridgehead atoms. The minimum atomic E-state index is -0.523. The molecule has 5 heteroatoms.